The lowest BCUT2D eigenvalue weighted by Crippen LogP contribution is -2.52. The van der Waals surface area contributed by atoms with Crippen LogP contribution in [0.25, 0.3) is 0 Å². The maximum absolute atomic E-state index is 13.2. The topological polar surface area (TPSA) is 61.9 Å². The third-order valence-corrected chi connectivity index (χ3v) is 6.14. The second kappa shape index (κ2) is 9.08. The Balaban J connectivity index is 1.32. The number of likely N-dealkylation sites (tertiary alicyclic amines) is 1. The minimum Gasteiger partial charge on any atom is -0.487 e. The number of amides is 3. The molecule has 3 amide bonds. The van der Waals surface area contributed by atoms with Crippen LogP contribution in [0.3, 0.4) is 0 Å². The second-order valence-corrected chi connectivity index (χ2v) is 8.81. The predicted octanol–water partition coefficient (Wildman–Crippen LogP) is 4.18. The lowest BCUT2D eigenvalue weighted by Gasteiger charge is -2.39. The molecule has 0 aliphatic carbocycles. The molecule has 1 fully saturated rings. The van der Waals surface area contributed by atoms with Crippen LogP contribution in [0.1, 0.15) is 25.3 Å². The molecule has 2 aromatic carbocycles. The Morgan fingerprint density at radius 2 is 1.90 bits per heavy atom. The van der Waals surface area contributed by atoms with E-state index in [1.165, 1.54) is 0 Å². The Kier molecular flexibility index (Phi) is 6.27. The van der Waals surface area contributed by atoms with Crippen molar-refractivity contribution in [3.05, 3.63) is 58.6 Å². The van der Waals surface area contributed by atoms with Crippen LogP contribution in [-0.2, 0) is 11.3 Å². The van der Waals surface area contributed by atoms with Gasteiger partial charge in [0.05, 0.1) is 12.2 Å². The van der Waals surface area contributed by atoms with Crippen molar-refractivity contribution in [3.63, 3.8) is 0 Å². The number of fused-ring (bicyclic) bond motifs is 1. The summed E-state index contributed by atoms with van der Waals surface area (Å²) in [6, 6.07) is 15.6. The van der Waals surface area contributed by atoms with Gasteiger partial charge in [0.1, 0.15) is 11.9 Å². The van der Waals surface area contributed by atoms with Gasteiger partial charge in [-0.1, -0.05) is 40.2 Å². The van der Waals surface area contributed by atoms with E-state index in [1.807, 2.05) is 60.4 Å². The lowest BCUT2D eigenvalue weighted by molar-refractivity contribution is -0.126. The summed E-state index contributed by atoms with van der Waals surface area (Å²) in [5, 5.41) is 3.03. The predicted molar refractivity (Wildman–Crippen MR) is 120 cm³/mol. The number of ether oxygens (including phenoxy) is 1. The maximum Gasteiger partial charge on any atom is 0.324 e. The molecule has 0 spiro atoms. The minimum atomic E-state index is -0.0582. The molecule has 2 aromatic rings. The van der Waals surface area contributed by atoms with E-state index >= 15 is 0 Å². The van der Waals surface area contributed by atoms with Gasteiger partial charge >= 0.3 is 6.03 Å². The number of benzene rings is 2. The van der Waals surface area contributed by atoms with Gasteiger partial charge in [-0.25, -0.2) is 4.79 Å². The van der Waals surface area contributed by atoms with Gasteiger partial charge in [-0.05, 0) is 49.6 Å². The quantitative estimate of drug-likeness (QED) is 0.729. The molecule has 0 radical (unpaired) electrons. The zero-order valence-electron chi connectivity index (χ0n) is 17.0. The molecule has 4 rings (SSSR count). The van der Waals surface area contributed by atoms with Gasteiger partial charge in [0, 0.05) is 30.0 Å². The maximum atomic E-state index is 13.2. The lowest BCUT2D eigenvalue weighted by atomic mass is 9.96. The van der Waals surface area contributed by atoms with Gasteiger partial charge in [0.25, 0.3) is 0 Å². The molecule has 158 valence electrons. The molecule has 0 bridgehead atoms. The van der Waals surface area contributed by atoms with E-state index in [9.17, 15) is 9.59 Å². The first-order valence-electron chi connectivity index (χ1n) is 10.4. The van der Waals surface area contributed by atoms with E-state index in [0.717, 1.165) is 21.5 Å². The zero-order chi connectivity index (χ0) is 21.1. The number of para-hydroxylation sites is 2. The molecule has 6 nitrogen and oxygen atoms in total. The van der Waals surface area contributed by atoms with Crippen molar-refractivity contribution in [3.8, 4) is 5.75 Å². The summed E-state index contributed by atoms with van der Waals surface area (Å²) in [5.74, 6) is 0.746. The summed E-state index contributed by atoms with van der Waals surface area (Å²) in [6.07, 6.45) is 1.31. The molecule has 2 aliphatic heterocycles. The minimum absolute atomic E-state index is 0.00871. The van der Waals surface area contributed by atoms with Gasteiger partial charge in [-0.3, -0.25) is 9.69 Å². The molecule has 0 aromatic heterocycles. The number of hydrogen-bond acceptors (Lipinski definition) is 3. The van der Waals surface area contributed by atoms with Crippen LogP contribution in [0.15, 0.2) is 53.0 Å². The molecule has 7 heteroatoms. The molecule has 0 saturated carbocycles. The molecule has 2 heterocycles. The van der Waals surface area contributed by atoms with Gasteiger partial charge in [0.2, 0.25) is 5.91 Å². The zero-order valence-corrected chi connectivity index (χ0v) is 18.6. The fraction of sp³-hybridized carbons (Fsp3) is 0.391. The number of carbonyl (C=O) groups is 2. The van der Waals surface area contributed by atoms with Crippen molar-refractivity contribution in [1.29, 1.82) is 0 Å². The number of nitrogens with zero attached hydrogens (tertiary/aromatic N) is 2. The number of carbonyl (C=O) groups excluding carboxylic acids is 2. The van der Waals surface area contributed by atoms with E-state index in [4.69, 9.17) is 4.74 Å². The summed E-state index contributed by atoms with van der Waals surface area (Å²) < 4.78 is 6.85. The fourth-order valence-electron chi connectivity index (χ4n) is 4.05. The summed E-state index contributed by atoms with van der Waals surface area (Å²) in [5.41, 5.74) is 1.87. The van der Waals surface area contributed by atoms with Crippen LogP contribution in [0.2, 0.25) is 0 Å². The van der Waals surface area contributed by atoms with Crippen molar-refractivity contribution in [2.75, 3.05) is 24.5 Å². The van der Waals surface area contributed by atoms with Crippen LogP contribution in [0.5, 0.6) is 5.75 Å². The number of piperidine rings is 1. The van der Waals surface area contributed by atoms with E-state index in [1.54, 1.807) is 4.90 Å². The summed E-state index contributed by atoms with van der Waals surface area (Å²) >= 11 is 3.45. The summed E-state index contributed by atoms with van der Waals surface area (Å²) in [6.45, 7) is 4.18. The Morgan fingerprint density at radius 1 is 1.13 bits per heavy atom. The first-order chi connectivity index (χ1) is 14.5. The highest BCUT2D eigenvalue weighted by Crippen LogP contribution is 2.34. The SMILES string of the molecule is C[C@@H]1CN(C(=O)N2CCC(C(=O)NCc3cccc(Br)c3)CC2)c2ccccc2O1. The van der Waals surface area contributed by atoms with Crippen LogP contribution >= 0.6 is 15.9 Å². The van der Waals surface area contributed by atoms with Crippen molar-refractivity contribution in [1.82, 2.24) is 10.2 Å². The molecule has 2 aliphatic rings. The molecular weight excluding hydrogens is 446 g/mol. The number of hydrogen-bond donors (Lipinski definition) is 1. The normalized spacial score (nSPS) is 19.1. The van der Waals surface area contributed by atoms with E-state index < -0.39 is 0 Å². The van der Waals surface area contributed by atoms with E-state index in [2.05, 4.69) is 21.2 Å². The standard InChI is InChI=1S/C23H26BrN3O3/c1-16-15-27(20-7-2-3-8-21(20)30-16)23(29)26-11-9-18(10-12-26)22(28)25-14-17-5-4-6-19(24)13-17/h2-8,13,16,18H,9-12,14-15H2,1H3,(H,25,28)/t16-/m1/s1. The van der Waals surface area contributed by atoms with Crippen molar-refractivity contribution in [2.24, 2.45) is 5.92 Å². The fourth-order valence-corrected chi connectivity index (χ4v) is 4.50. The molecule has 1 saturated heterocycles. The van der Waals surface area contributed by atoms with Crippen LogP contribution in [0, 0.1) is 5.92 Å². The van der Waals surface area contributed by atoms with Crippen molar-refractivity contribution >= 4 is 33.6 Å². The van der Waals surface area contributed by atoms with Gasteiger partial charge in [-0.2, -0.15) is 0 Å². The van der Waals surface area contributed by atoms with E-state index in [0.29, 0.717) is 39.0 Å². The number of urea groups is 1. The Morgan fingerprint density at radius 3 is 2.67 bits per heavy atom. The van der Waals surface area contributed by atoms with Crippen LogP contribution in [0.4, 0.5) is 10.5 Å². The molecule has 1 N–H and O–H groups in total. The second-order valence-electron chi connectivity index (χ2n) is 7.90. The third-order valence-electron chi connectivity index (χ3n) is 5.65. The third kappa shape index (κ3) is 4.61. The number of anilines is 1. The smallest absolute Gasteiger partial charge is 0.324 e. The molecular formula is C23H26BrN3O3. The number of rotatable bonds is 3. The first kappa shape index (κ1) is 20.7. The number of halogens is 1. The van der Waals surface area contributed by atoms with Crippen LogP contribution < -0.4 is 15.0 Å². The Hall–Kier alpha value is -2.54. The summed E-state index contributed by atoms with van der Waals surface area (Å²) in [7, 11) is 0. The average Bonchev–Trinajstić information content (AvgIpc) is 2.76. The molecule has 0 unspecified atom stereocenters. The molecule has 1 atom stereocenters. The monoisotopic (exact) mass is 471 g/mol. The molecule has 30 heavy (non-hydrogen) atoms. The highest BCUT2D eigenvalue weighted by atomic mass is 79.9. The van der Waals surface area contributed by atoms with Crippen LogP contribution in [-0.4, -0.2) is 42.6 Å². The average molecular weight is 472 g/mol. The Bertz CT molecular complexity index is 927. The van der Waals surface area contributed by atoms with Crippen molar-refractivity contribution in [2.45, 2.75) is 32.4 Å². The van der Waals surface area contributed by atoms with E-state index in [-0.39, 0.29) is 24.0 Å². The number of nitrogens with one attached hydrogen (secondary N) is 1. The van der Waals surface area contributed by atoms with Gasteiger partial charge in [-0.15, -0.1) is 0 Å². The highest BCUT2D eigenvalue weighted by Gasteiger charge is 2.33. The largest absolute Gasteiger partial charge is 0.487 e. The summed E-state index contributed by atoms with van der Waals surface area (Å²) in [4.78, 5) is 29.4. The first-order valence-corrected chi connectivity index (χ1v) is 11.1. The highest BCUT2D eigenvalue weighted by molar-refractivity contribution is 9.10. The Labute approximate surface area is 185 Å². The van der Waals surface area contributed by atoms with Gasteiger partial charge < -0.3 is 15.0 Å². The van der Waals surface area contributed by atoms with Gasteiger partial charge in [0.15, 0.2) is 0 Å². The van der Waals surface area contributed by atoms with Crippen molar-refractivity contribution < 1.29 is 14.3 Å².